The number of rotatable bonds is 3. The Morgan fingerprint density at radius 2 is 1.86 bits per heavy atom. The molecule has 10 heteroatoms. The van der Waals surface area contributed by atoms with Crippen LogP contribution in [0.2, 0.25) is 0 Å². The second-order valence-corrected chi connectivity index (χ2v) is 7.81. The Labute approximate surface area is 164 Å². The number of nitrogens with two attached hydrogens (primary N) is 1. The molecule has 0 amide bonds. The van der Waals surface area contributed by atoms with Gasteiger partial charge in [0.1, 0.15) is 4.83 Å². The molecular formula is C18H10F3N3O2S2. The zero-order chi connectivity index (χ0) is 20.1. The van der Waals surface area contributed by atoms with E-state index in [1.54, 1.807) is 17.5 Å². The SMILES string of the molecule is Nc1c(-c2ccc([N+](=O)[O-])cc2)sc2nc(-c3cccs3)cc(C(F)(F)F)c12. The number of anilines is 1. The lowest BCUT2D eigenvalue weighted by atomic mass is 10.1. The minimum atomic E-state index is -4.60. The van der Waals surface area contributed by atoms with Crippen LogP contribution in [0.4, 0.5) is 24.5 Å². The predicted octanol–water partition coefficient (Wildman–Crippen LogP) is 6.20. The minimum absolute atomic E-state index is 0.0357. The van der Waals surface area contributed by atoms with E-state index < -0.39 is 16.7 Å². The highest BCUT2D eigenvalue weighted by molar-refractivity contribution is 7.22. The number of nitrogens with zero attached hydrogens (tertiary/aromatic N) is 2. The minimum Gasteiger partial charge on any atom is -0.397 e. The third-order valence-electron chi connectivity index (χ3n) is 4.12. The van der Waals surface area contributed by atoms with Gasteiger partial charge in [-0.25, -0.2) is 4.98 Å². The maximum absolute atomic E-state index is 13.7. The Morgan fingerprint density at radius 1 is 1.14 bits per heavy atom. The molecule has 4 rings (SSSR count). The van der Waals surface area contributed by atoms with Gasteiger partial charge < -0.3 is 5.73 Å². The van der Waals surface area contributed by atoms with Crippen LogP contribution >= 0.6 is 22.7 Å². The first kappa shape index (κ1) is 18.4. The van der Waals surface area contributed by atoms with Gasteiger partial charge >= 0.3 is 6.18 Å². The van der Waals surface area contributed by atoms with Crippen LogP contribution in [-0.2, 0) is 6.18 Å². The topological polar surface area (TPSA) is 82.0 Å². The smallest absolute Gasteiger partial charge is 0.397 e. The van der Waals surface area contributed by atoms with Crippen molar-refractivity contribution < 1.29 is 18.1 Å². The summed E-state index contributed by atoms with van der Waals surface area (Å²) in [6, 6.07) is 9.95. The highest BCUT2D eigenvalue weighted by atomic mass is 32.1. The normalized spacial score (nSPS) is 11.8. The van der Waals surface area contributed by atoms with Crippen molar-refractivity contribution in [2.75, 3.05) is 5.73 Å². The lowest BCUT2D eigenvalue weighted by Crippen LogP contribution is -2.07. The molecule has 0 saturated carbocycles. The number of benzene rings is 1. The summed E-state index contributed by atoms with van der Waals surface area (Å²) in [7, 11) is 0. The monoisotopic (exact) mass is 421 g/mol. The van der Waals surface area contributed by atoms with E-state index >= 15 is 0 Å². The Bertz CT molecular complexity index is 1180. The first-order valence-electron chi connectivity index (χ1n) is 7.84. The van der Waals surface area contributed by atoms with Crippen molar-refractivity contribution in [3.05, 3.63) is 63.5 Å². The van der Waals surface area contributed by atoms with Gasteiger partial charge in [0.05, 0.1) is 31.6 Å². The van der Waals surface area contributed by atoms with E-state index in [0.29, 0.717) is 15.3 Å². The number of thiophene rings is 2. The average Bonchev–Trinajstić information content (AvgIpc) is 3.29. The molecule has 0 atom stereocenters. The quantitative estimate of drug-likeness (QED) is 0.315. The number of hydrogen-bond acceptors (Lipinski definition) is 6. The summed E-state index contributed by atoms with van der Waals surface area (Å²) >= 11 is 2.33. The van der Waals surface area contributed by atoms with Crippen molar-refractivity contribution in [3.63, 3.8) is 0 Å². The van der Waals surface area contributed by atoms with Gasteiger partial charge in [0, 0.05) is 17.5 Å². The predicted molar refractivity (Wildman–Crippen MR) is 104 cm³/mol. The van der Waals surface area contributed by atoms with E-state index in [1.807, 2.05) is 0 Å². The third-order valence-corrected chi connectivity index (χ3v) is 6.16. The summed E-state index contributed by atoms with van der Waals surface area (Å²) in [6.07, 6.45) is -4.60. The first-order valence-corrected chi connectivity index (χ1v) is 9.54. The van der Waals surface area contributed by atoms with Gasteiger partial charge in [-0.2, -0.15) is 13.2 Å². The van der Waals surface area contributed by atoms with Crippen LogP contribution in [0.15, 0.2) is 47.8 Å². The summed E-state index contributed by atoms with van der Waals surface area (Å²) < 4.78 is 41.2. The molecule has 1 aromatic carbocycles. The van der Waals surface area contributed by atoms with Crippen LogP contribution in [0.3, 0.4) is 0 Å². The molecule has 0 fully saturated rings. The molecule has 4 aromatic rings. The van der Waals surface area contributed by atoms with Gasteiger partial charge in [-0.3, -0.25) is 10.1 Å². The molecule has 5 nitrogen and oxygen atoms in total. The fourth-order valence-electron chi connectivity index (χ4n) is 2.84. The summed E-state index contributed by atoms with van der Waals surface area (Å²) in [5.41, 5.74) is 5.81. The molecule has 0 radical (unpaired) electrons. The zero-order valence-electron chi connectivity index (χ0n) is 13.9. The number of pyridine rings is 1. The zero-order valence-corrected chi connectivity index (χ0v) is 15.5. The first-order chi connectivity index (χ1) is 13.3. The fourth-order valence-corrected chi connectivity index (χ4v) is 4.66. The van der Waals surface area contributed by atoms with E-state index in [-0.39, 0.29) is 27.3 Å². The van der Waals surface area contributed by atoms with Crippen molar-refractivity contribution in [2.45, 2.75) is 6.18 Å². The van der Waals surface area contributed by atoms with E-state index in [0.717, 1.165) is 17.4 Å². The molecule has 0 spiro atoms. The Morgan fingerprint density at radius 3 is 2.43 bits per heavy atom. The molecule has 28 heavy (non-hydrogen) atoms. The number of nitro benzene ring substituents is 1. The number of aromatic nitrogens is 1. The molecule has 3 aromatic heterocycles. The van der Waals surface area contributed by atoms with Gasteiger partial charge in [-0.1, -0.05) is 6.07 Å². The molecule has 0 aliphatic carbocycles. The molecule has 142 valence electrons. The lowest BCUT2D eigenvalue weighted by Gasteiger charge is -2.10. The van der Waals surface area contributed by atoms with Crippen molar-refractivity contribution >= 4 is 44.3 Å². The van der Waals surface area contributed by atoms with Gasteiger partial charge in [0.25, 0.3) is 5.69 Å². The summed E-state index contributed by atoms with van der Waals surface area (Å²) in [5.74, 6) is 0. The number of hydrogen-bond donors (Lipinski definition) is 1. The van der Waals surface area contributed by atoms with Crippen LogP contribution in [0.5, 0.6) is 0 Å². The standard InChI is InChI=1S/C18H10F3N3O2S2/c19-18(20,21)11-8-12(13-2-1-7-27-13)23-17-14(11)15(22)16(28-17)9-3-5-10(6-4-9)24(25)26/h1-8H,22H2. The van der Waals surface area contributed by atoms with Gasteiger partial charge in [-0.05, 0) is 35.2 Å². The average molecular weight is 421 g/mol. The highest BCUT2D eigenvalue weighted by Crippen LogP contribution is 2.47. The number of halogens is 3. The van der Waals surface area contributed by atoms with Gasteiger partial charge in [0.2, 0.25) is 0 Å². The number of nitro groups is 1. The largest absolute Gasteiger partial charge is 0.417 e. The highest BCUT2D eigenvalue weighted by Gasteiger charge is 2.36. The molecule has 0 aliphatic rings. The van der Waals surface area contributed by atoms with E-state index in [4.69, 9.17) is 5.73 Å². The lowest BCUT2D eigenvalue weighted by molar-refractivity contribution is -0.384. The maximum atomic E-state index is 13.7. The molecule has 0 unspecified atom stereocenters. The number of alkyl halides is 3. The molecule has 0 saturated heterocycles. The molecule has 0 aliphatic heterocycles. The Kier molecular flexibility index (Phi) is 4.31. The number of nitrogen functional groups attached to an aromatic ring is 1. The van der Waals surface area contributed by atoms with E-state index in [9.17, 15) is 23.3 Å². The van der Waals surface area contributed by atoms with Crippen molar-refractivity contribution in [1.82, 2.24) is 4.98 Å². The maximum Gasteiger partial charge on any atom is 0.417 e. The van der Waals surface area contributed by atoms with Crippen LogP contribution in [0.1, 0.15) is 5.56 Å². The summed E-state index contributed by atoms with van der Waals surface area (Å²) in [5, 5.41) is 12.4. The number of non-ortho nitro benzene ring substituents is 1. The third kappa shape index (κ3) is 3.10. The second-order valence-electron chi connectivity index (χ2n) is 5.86. The van der Waals surface area contributed by atoms with Crippen LogP contribution in [-0.4, -0.2) is 9.91 Å². The molecule has 3 heterocycles. The number of fused-ring (bicyclic) bond motifs is 1. The summed E-state index contributed by atoms with van der Waals surface area (Å²) in [4.78, 5) is 15.8. The van der Waals surface area contributed by atoms with Crippen LogP contribution in [0.25, 0.3) is 31.2 Å². The van der Waals surface area contributed by atoms with Gasteiger partial charge in [-0.15, -0.1) is 22.7 Å². The fraction of sp³-hybridized carbons (Fsp3) is 0.0556. The Hall–Kier alpha value is -2.98. The van der Waals surface area contributed by atoms with Crippen LogP contribution < -0.4 is 5.73 Å². The molecule has 0 bridgehead atoms. The summed E-state index contributed by atoms with van der Waals surface area (Å²) in [6.45, 7) is 0. The van der Waals surface area contributed by atoms with Gasteiger partial charge in [0.15, 0.2) is 0 Å². The molecule has 2 N–H and O–H groups in total. The van der Waals surface area contributed by atoms with Crippen molar-refractivity contribution in [3.8, 4) is 21.0 Å². The van der Waals surface area contributed by atoms with Crippen molar-refractivity contribution in [1.29, 1.82) is 0 Å². The Balaban J connectivity index is 1.95. The second kappa shape index (κ2) is 6.57. The van der Waals surface area contributed by atoms with E-state index in [1.165, 1.54) is 35.6 Å². The molecular weight excluding hydrogens is 411 g/mol. The van der Waals surface area contributed by atoms with E-state index in [2.05, 4.69) is 4.98 Å². The van der Waals surface area contributed by atoms with Crippen molar-refractivity contribution in [2.24, 2.45) is 0 Å². The van der Waals surface area contributed by atoms with Crippen LogP contribution in [0, 0.1) is 10.1 Å².